The third-order valence-electron chi connectivity index (χ3n) is 9.23. The Morgan fingerprint density at radius 2 is 1.22 bits per heavy atom. The number of H-pyrrole nitrogens is 3. The van der Waals surface area contributed by atoms with Crippen LogP contribution in [0.2, 0.25) is 5.28 Å². The highest BCUT2D eigenvalue weighted by atomic mass is 35.5. The number of hydrogen-bond acceptors (Lipinski definition) is 13. The summed E-state index contributed by atoms with van der Waals surface area (Å²) in [7, 11) is 0. The molecule has 0 spiro atoms. The molecule has 59 heavy (non-hydrogen) atoms. The smallest absolute Gasteiger partial charge is 0.313 e. The topological polar surface area (TPSA) is 234 Å². The Hall–Kier alpha value is -5.74. The van der Waals surface area contributed by atoms with Gasteiger partial charge in [0, 0.05) is 49.0 Å². The molecule has 8 heterocycles. The van der Waals surface area contributed by atoms with Crippen molar-refractivity contribution in [2.24, 2.45) is 0 Å². The third kappa shape index (κ3) is 8.83. The average Bonchev–Trinajstić information content (AvgIpc) is 3.94. The zero-order valence-corrected chi connectivity index (χ0v) is 36.3. The highest BCUT2D eigenvalue weighted by Gasteiger charge is 2.21. The molecule has 3 N–H and O–H groups in total. The number of rotatable bonds is 10. The molecular formula is C36H45ClN16O4S2. The lowest BCUT2D eigenvalue weighted by molar-refractivity contribution is 0.613. The number of imidazole rings is 2. The summed E-state index contributed by atoms with van der Waals surface area (Å²) in [6.07, 6.45) is 3.55. The van der Waals surface area contributed by atoms with E-state index in [0.29, 0.717) is 75.1 Å². The van der Waals surface area contributed by atoms with Gasteiger partial charge in [0.15, 0.2) is 27.5 Å². The van der Waals surface area contributed by atoms with Crippen LogP contribution in [0.15, 0.2) is 41.6 Å². The first-order chi connectivity index (χ1) is 28.2. The van der Waals surface area contributed by atoms with Gasteiger partial charge in [0.25, 0.3) is 22.7 Å². The largest absolute Gasteiger partial charge is 0.330 e. The van der Waals surface area contributed by atoms with Crippen molar-refractivity contribution in [2.45, 2.75) is 118 Å². The highest BCUT2D eigenvalue weighted by Crippen LogP contribution is 2.27. The second-order valence-electron chi connectivity index (χ2n) is 13.6. The van der Waals surface area contributed by atoms with Crippen LogP contribution in [0.25, 0.3) is 33.9 Å². The van der Waals surface area contributed by atoms with Crippen molar-refractivity contribution in [2.75, 3.05) is 0 Å². The van der Waals surface area contributed by atoms with Crippen LogP contribution in [-0.4, -0.2) is 77.4 Å². The van der Waals surface area contributed by atoms with Crippen LogP contribution < -0.4 is 22.5 Å². The molecule has 0 amide bonds. The number of hydrogen-bond donors (Lipinski definition) is 3. The lowest BCUT2D eigenvalue weighted by Crippen LogP contribution is -2.31. The molecule has 0 saturated carbocycles. The average molecular weight is 865 g/mol. The van der Waals surface area contributed by atoms with Crippen molar-refractivity contribution < 1.29 is 0 Å². The maximum atomic E-state index is 12.5. The van der Waals surface area contributed by atoms with E-state index in [1.165, 1.54) is 20.9 Å². The van der Waals surface area contributed by atoms with E-state index < -0.39 is 22.5 Å². The van der Waals surface area contributed by atoms with Crippen LogP contribution in [0.5, 0.6) is 0 Å². The van der Waals surface area contributed by atoms with Gasteiger partial charge in [0.1, 0.15) is 0 Å². The van der Waals surface area contributed by atoms with Gasteiger partial charge in [0.05, 0.1) is 0 Å². The molecule has 0 bridgehead atoms. The minimum atomic E-state index is -0.441. The van der Waals surface area contributed by atoms with Gasteiger partial charge in [-0.05, 0) is 102 Å². The van der Waals surface area contributed by atoms with E-state index in [2.05, 4.69) is 50.1 Å². The van der Waals surface area contributed by atoms with E-state index in [1.54, 1.807) is 18.2 Å². The van der Waals surface area contributed by atoms with Crippen molar-refractivity contribution in [3.05, 3.63) is 86.6 Å². The van der Waals surface area contributed by atoms with Gasteiger partial charge in [0.2, 0.25) is 15.2 Å². The van der Waals surface area contributed by atoms with E-state index >= 15 is 0 Å². The predicted molar refractivity (Wildman–Crippen MR) is 227 cm³/mol. The summed E-state index contributed by atoms with van der Waals surface area (Å²) in [5, 5.41) is 8.69. The molecule has 0 aromatic carbocycles. The standard InChI is InChI=1S/C18H22N8O2S.C11H15ClN4O2.C7H8N4S/c1-5-7-8-25-13-12(14(27)21-17(25)28)24(6-2)18(20-13)29-16-22-15-19-10(3)9-11(4)26(15)23-16;1-3-5-6-16-8-7(9(17)14-11(16)18)15(4-2)10(12)13-8;1-4-3-5(2)11-6(8-4)9-7(12)10-11/h9H,5-8H2,1-4H3,(H,21,27,28);3-6H2,1-2H3,(H,14,17,18);3H,1-2H3,(H,10,12). The van der Waals surface area contributed by atoms with E-state index in [1.807, 2.05) is 67.5 Å². The zero-order valence-electron chi connectivity index (χ0n) is 34.0. The summed E-state index contributed by atoms with van der Waals surface area (Å²) in [5.41, 5.74) is 3.57. The van der Waals surface area contributed by atoms with Crippen LogP contribution in [0.3, 0.4) is 0 Å². The molecule has 8 aromatic heterocycles. The Morgan fingerprint density at radius 3 is 1.80 bits per heavy atom. The summed E-state index contributed by atoms with van der Waals surface area (Å²) in [5.74, 6) is 1.15. The first-order valence-electron chi connectivity index (χ1n) is 19.1. The molecule has 0 radical (unpaired) electrons. The minimum absolute atomic E-state index is 0.230. The molecule has 8 aromatic rings. The molecular weight excluding hydrogens is 820 g/mol. The minimum Gasteiger partial charge on any atom is -0.313 e. The molecule has 0 aliphatic heterocycles. The highest BCUT2D eigenvalue weighted by molar-refractivity contribution is 7.99. The van der Waals surface area contributed by atoms with Crippen LogP contribution in [0.4, 0.5) is 0 Å². The Labute approximate surface area is 349 Å². The SMILES string of the molecule is CCCCn1c(=O)[nH]c(=O)c2c1nc(Cl)n2CC.CCCCn1c(=O)[nH]c(=O)c2c1nc(Sc1nc3nc(C)cc(C)n3n1)n2CC.Cc1cc(C)n2[nH]c(=S)nc2n1. The zero-order chi connectivity index (χ0) is 42.7. The summed E-state index contributed by atoms with van der Waals surface area (Å²) >= 11 is 12.1. The van der Waals surface area contributed by atoms with E-state index in [9.17, 15) is 19.2 Å². The second kappa shape index (κ2) is 18.0. The number of halogens is 1. The number of aromatic amines is 3. The van der Waals surface area contributed by atoms with Crippen molar-refractivity contribution in [3.8, 4) is 0 Å². The molecule has 0 saturated heterocycles. The van der Waals surface area contributed by atoms with E-state index in [-0.39, 0.29) is 5.28 Å². The summed E-state index contributed by atoms with van der Waals surface area (Å²) in [6.45, 7) is 17.7. The molecule has 312 valence electrons. The van der Waals surface area contributed by atoms with Gasteiger partial charge in [-0.1, -0.05) is 26.7 Å². The first-order valence-corrected chi connectivity index (χ1v) is 20.7. The number of nitrogens with zero attached hydrogens (tertiary/aromatic N) is 13. The molecule has 0 unspecified atom stereocenters. The molecule has 0 aliphatic rings. The van der Waals surface area contributed by atoms with E-state index in [4.69, 9.17) is 23.8 Å². The Balaban J connectivity index is 0.000000165. The second-order valence-corrected chi connectivity index (χ2v) is 15.2. The fourth-order valence-electron chi connectivity index (χ4n) is 6.47. The molecule has 20 nitrogen and oxygen atoms in total. The van der Waals surface area contributed by atoms with Crippen molar-refractivity contribution in [1.29, 1.82) is 0 Å². The number of aryl methyl sites for hydroxylation is 8. The van der Waals surface area contributed by atoms with Crippen LogP contribution >= 0.6 is 35.6 Å². The Kier molecular flexibility index (Phi) is 13.1. The normalized spacial score (nSPS) is 11.4. The van der Waals surface area contributed by atoms with Gasteiger partial charge in [-0.25, -0.2) is 33.6 Å². The molecule has 23 heteroatoms. The first kappa shape index (κ1) is 42.9. The molecule has 8 rings (SSSR count). The van der Waals surface area contributed by atoms with E-state index in [0.717, 1.165) is 48.5 Å². The predicted octanol–water partition coefficient (Wildman–Crippen LogP) is 4.68. The fourth-order valence-corrected chi connectivity index (χ4v) is 7.80. The monoisotopic (exact) mass is 864 g/mol. The van der Waals surface area contributed by atoms with Gasteiger partial charge in [-0.3, -0.25) is 33.8 Å². The maximum absolute atomic E-state index is 12.5. The van der Waals surface area contributed by atoms with Crippen LogP contribution in [0, 0.1) is 32.5 Å². The van der Waals surface area contributed by atoms with Crippen molar-refractivity contribution >= 4 is 69.5 Å². The Morgan fingerprint density at radius 1 is 0.678 bits per heavy atom. The fraction of sp³-hybridized carbons (Fsp3) is 0.444. The van der Waals surface area contributed by atoms with Crippen molar-refractivity contribution in [1.82, 2.24) is 77.4 Å². The third-order valence-corrected chi connectivity index (χ3v) is 10.6. The number of unbranched alkanes of at least 4 members (excludes halogenated alkanes) is 2. The number of aromatic nitrogens is 16. The van der Waals surface area contributed by atoms with Gasteiger partial charge in [-0.15, -0.1) is 5.10 Å². The summed E-state index contributed by atoms with van der Waals surface area (Å²) < 4.78 is 10.3. The molecule has 0 aliphatic carbocycles. The van der Waals surface area contributed by atoms with Crippen LogP contribution in [-0.2, 0) is 26.2 Å². The van der Waals surface area contributed by atoms with Crippen molar-refractivity contribution in [3.63, 3.8) is 0 Å². The van der Waals surface area contributed by atoms with Gasteiger partial charge in [-0.2, -0.15) is 15.0 Å². The van der Waals surface area contributed by atoms with Crippen LogP contribution in [0.1, 0.15) is 76.2 Å². The number of fused-ring (bicyclic) bond motifs is 4. The lowest BCUT2D eigenvalue weighted by Gasteiger charge is -2.05. The summed E-state index contributed by atoms with van der Waals surface area (Å²) in [4.78, 5) is 79.1. The quantitative estimate of drug-likeness (QED) is 0.125. The lowest BCUT2D eigenvalue weighted by atomic mass is 10.3. The van der Waals surface area contributed by atoms with Gasteiger partial charge >= 0.3 is 11.4 Å². The summed E-state index contributed by atoms with van der Waals surface area (Å²) in [6, 6.07) is 3.91. The molecule has 0 fully saturated rings. The van der Waals surface area contributed by atoms with Gasteiger partial charge < -0.3 is 9.13 Å². The Bertz CT molecular complexity index is 3130. The maximum Gasteiger partial charge on any atom is 0.330 e. The molecule has 0 atom stereocenters. The number of nitrogens with one attached hydrogen (secondary N) is 3.